The Morgan fingerprint density at radius 2 is 1.88 bits per heavy atom. The van der Waals surface area contributed by atoms with Gasteiger partial charge in [0.05, 0.1) is 34.7 Å². The summed E-state index contributed by atoms with van der Waals surface area (Å²) < 4.78 is 28.9. The lowest BCUT2D eigenvalue weighted by atomic mass is 9.97. The Balaban J connectivity index is 1.70. The highest BCUT2D eigenvalue weighted by Crippen LogP contribution is 2.32. The zero-order valence-corrected chi connectivity index (χ0v) is 19.7. The van der Waals surface area contributed by atoms with Gasteiger partial charge in [0, 0.05) is 17.8 Å². The van der Waals surface area contributed by atoms with Gasteiger partial charge in [0.1, 0.15) is 17.5 Å². The van der Waals surface area contributed by atoms with Crippen molar-refractivity contribution in [1.82, 2.24) is 15.2 Å². The molecule has 4 rings (SSSR count). The van der Waals surface area contributed by atoms with Gasteiger partial charge in [0.2, 0.25) is 0 Å². The van der Waals surface area contributed by atoms with E-state index in [4.69, 9.17) is 0 Å². The molecule has 0 saturated carbocycles. The lowest BCUT2D eigenvalue weighted by molar-refractivity contribution is 0.0966. The third-order valence-electron chi connectivity index (χ3n) is 6.47. The SMILES string of the molecule is C=N/C(=C\C=C(/C)N1[C@H](C)CCC[C@@H]1C)Nc1cc(-c2c(F)cccc2F)nc2c1C(=O)NC2. The zero-order valence-electron chi connectivity index (χ0n) is 19.7. The van der Waals surface area contributed by atoms with Gasteiger partial charge in [-0.3, -0.25) is 4.79 Å². The number of likely N-dealkylation sites (tertiary alicyclic amines) is 1. The summed E-state index contributed by atoms with van der Waals surface area (Å²) in [7, 11) is 0. The lowest BCUT2D eigenvalue weighted by Crippen LogP contribution is -2.42. The van der Waals surface area contributed by atoms with Crippen LogP contribution in [0.25, 0.3) is 11.3 Å². The van der Waals surface area contributed by atoms with E-state index >= 15 is 0 Å². The number of anilines is 1. The van der Waals surface area contributed by atoms with Gasteiger partial charge in [-0.2, -0.15) is 0 Å². The summed E-state index contributed by atoms with van der Waals surface area (Å²) in [6.45, 7) is 10.3. The number of piperidine rings is 1. The Labute approximate surface area is 198 Å². The highest BCUT2D eigenvalue weighted by molar-refractivity contribution is 6.03. The Bertz CT molecular complexity index is 1160. The first-order valence-electron chi connectivity index (χ1n) is 11.5. The molecular formula is C26H29F2N5O. The summed E-state index contributed by atoms with van der Waals surface area (Å²) in [5.74, 6) is -1.35. The van der Waals surface area contributed by atoms with Crippen LogP contribution in [0.5, 0.6) is 0 Å². The first kappa shape index (κ1) is 23.6. The summed E-state index contributed by atoms with van der Waals surface area (Å²) in [5, 5.41) is 5.83. The number of halogens is 2. The second-order valence-electron chi connectivity index (χ2n) is 8.84. The van der Waals surface area contributed by atoms with Crippen LogP contribution in [-0.4, -0.2) is 34.6 Å². The first-order valence-corrected chi connectivity index (χ1v) is 11.5. The Morgan fingerprint density at radius 3 is 2.53 bits per heavy atom. The van der Waals surface area contributed by atoms with Crippen LogP contribution >= 0.6 is 0 Å². The number of carbonyl (C=O) groups excluding carboxylic acids is 1. The van der Waals surface area contributed by atoms with E-state index in [9.17, 15) is 13.6 Å². The summed E-state index contributed by atoms with van der Waals surface area (Å²) in [6, 6.07) is 6.02. The molecule has 0 aliphatic carbocycles. The standard InChI is InChI=1S/C26H29F2N5O/c1-15-7-5-8-16(2)33(15)17(3)11-12-23(29-4)32-21-13-20(24-18(27)9-6-10-19(24)28)31-22-14-30-26(34)25(21)22/h6,9-13,15-16H,4-5,7-8,14H2,1-3H3,(H,30,34)(H,31,32)/b17-11+,23-12+/t15-,16+. The summed E-state index contributed by atoms with van der Waals surface area (Å²) in [5.41, 5.74) is 2.07. The van der Waals surface area contributed by atoms with E-state index in [1.165, 1.54) is 30.7 Å². The number of nitrogens with zero attached hydrogens (tertiary/aromatic N) is 3. The number of nitrogens with one attached hydrogen (secondary N) is 2. The number of allylic oxidation sites excluding steroid dienone is 3. The highest BCUT2D eigenvalue weighted by atomic mass is 19.1. The number of rotatable bonds is 6. The van der Waals surface area contributed by atoms with E-state index in [0.29, 0.717) is 34.8 Å². The number of fused-ring (bicyclic) bond motifs is 1. The molecule has 1 fully saturated rings. The molecule has 2 atom stereocenters. The molecule has 2 aromatic rings. The molecule has 1 aromatic heterocycles. The number of hydrogen-bond donors (Lipinski definition) is 2. The van der Waals surface area contributed by atoms with Gasteiger partial charge in [-0.25, -0.2) is 18.8 Å². The first-order chi connectivity index (χ1) is 16.3. The van der Waals surface area contributed by atoms with E-state index in [-0.39, 0.29) is 23.7 Å². The molecule has 0 bridgehead atoms. The molecule has 1 aromatic carbocycles. The van der Waals surface area contributed by atoms with Crippen LogP contribution in [0, 0.1) is 11.6 Å². The number of carbonyl (C=O) groups is 1. The van der Waals surface area contributed by atoms with E-state index < -0.39 is 11.6 Å². The van der Waals surface area contributed by atoms with Crippen molar-refractivity contribution in [2.24, 2.45) is 4.99 Å². The van der Waals surface area contributed by atoms with Crippen LogP contribution < -0.4 is 10.6 Å². The predicted molar refractivity (Wildman–Crippen MR) is 130 cm³/mol. The fourth-order valence-corrected chi connectivity index (χ4v) is 4.87. The average Bonchev–Trinajstić information content (AvgIpc) is 3.17. The van der Waals surface area contributed by atoms with Crippen molar-refractivity contribution in [3.8, 4) is 11.3 Å². The molecule has 3 heterocycles. The number of aliphatic imine (C=N–C) groups is 1. The molecule has 2 aliphatic heterocycles. The molecule has 2 aliphatic rings. The minimum Gasteiger partial charge on any atom is -0.370 e. The van der Waals surface area contributed by atoms with E-state index in [1.54, 1.807) is 6.08 Å². The van der Waals surface area contributed by atoms with Crippen molar-refractivity contribution in [3.05, 3.63) is 70.8 Å². The van der Waals surface area contributed by atoms with Crippen LogP contribution in [0.1, 0.15) is 56.1 Å². The van der Waals surface area contributed by atoms with E-state index in [1.807, 2.05) is 6.08 Å². The quantitative estimate of drug-likeness (QED) is 0.443. The maximum Gasteiger partial charge on any atom is 0.255 e. The minimum absolute atomic E-state index is 0.0967. The molecule has 6 nitrogen and oxygen atoms in total. The van der Waals surface area contributed by atoms with Crippen molar-refractivity contribution in [3.63, 3.8) is 0 Å². The number of pyridine rings is 1. The Morgan fingerprint density at radius 1 is 1.21 bits per heavy atom. The zero-order chi connectivity index (χ0) is 24.4. The second kappa shape index (κ2) is 9.75. The van der Waals surface area contributed by atoms with Gasteiger partial charge in [-0.1, -0.05) is 6.07 Å². The molecule has 34 heavy (non-hydrogen) atoms. The molecule has 8 heteroatoms. The van der Waals surface area contributed by atoms with Gasteiger partial charge in [-0.15, -0.1) is 0 Å². The van der Waals surface area contributed by atoms with Gasteiger partial charge in [-0.05, 0) is 77.1 Å². The smallest absolute Gasteiger partial charge is 0.255 e. The molecule has 178 valence electrons. The summed E-state index contributed by atoms with van der Waals surface area (Å²) in [4.78, 5) is 23.3. The fraction of sp³-hybridized carbons (Fsp3) is 0.346. The van der Waals surface area contributed by atoms with Crippen LogP contribution in [-0.2, 0) is 6.54 Å². The molecule has 1 amide bonds. The molecule has 1 saturated heterocycles. The molecule has 0 unspecified atom stereocenters. The average molecular weight is 466 g/mol. The third-order valence-corrected chi connectivity index (χ3v) is 6.47. The number of aromatic nitrogens is 1. The largest absolute Gasteiger partial charge is 0.370 e. The van der Waals surface area contributed by atoms with Crippen LogP contribution in [0.2, 0.25) is 0 Å². The minimum atomic E-state index is -0.725. The van der Waals surface area contributed by atoms with Gasteiger partial charge >= 0.3 is 0 Å². The van der Waals surface area contributed by atoms with E-state index in [0.717, 1.165) is 18.5 Å². The van der Waals surface area contributed by atoms with Crippen LogP contribution in [0.15, 0.2) is 52.9 Å². The number of hydrogen-bond acceptors (Lipinski definition) is 5. The lowest BCUT2D eigenvalue weighted by Gasteiger charge is -2.41. The Hall–Kier alpha value is -3.55. The maximum absolute atomic E-state index is 14.4. The van der Waals surface area contributed by atoms with Crippen molar-refractivity contribution in [2.45, 2.75) is 58.7 Å². The van der Waals surface area contributed by atoms with Crippen LogP contribution in [0.3, 0.4) is 0 Å². The normalized spacial score (nSPS) is 20.7. The monoisotopic (exact) mass is 465 g/mol. The maximum atomic E-state index is 14.4. The van der Waals surface area contributed by atoms with E-state index in [2.05, 4.69) is 53.0 Å². The predicted octanol–water partition coefficient (Wildman–Crippen LogP) is 5.39. The summed E-state index contributed by atoms with van der Waals surface area (Å²) >= 11 is 0. The molecule has 0 spiro atoms. The third kappa shape index (κ3) is 4.58. The second-order valence-corrected chi connectivity index (χ2v) is 8.84. The topological polar surface area (TPSA) is 69.6 Å². The van der Waals surface area contributed by atoms with Crippen molar-refractivity contribution < 1.29 is 13.6 Å². The number of benzene rings is 1. The van der Waals surface area contributed by atoms with Gasteiger partial charge < -0.3 is 15.5 Å². The fourth-order valence-electron chi connectivity index (χ4n) is 4.87. The molecular weight excluding hydrogens is 436 g/mol. The Kier molecular flexibility index (Phi) is 6.77. The number of amides is 1. The van der Waals surface area contributed by atoms with Crippen molar-refractivity contribution in [1.29, 1.82) is 0 Å². The van der Waals surface area contributed by atoms with Crippen molar-refractivity contribution in [2.75, 3.05) is 5.32 Å². The van der Waals surface area contributed by atoms with Crippen LogP contribution in [0.4, 0.5) is 14.5 Å². The van der Waals surface area contributed by atoms with Crippen molar-refractivity contribution >= 4 is 18.3 Å². The molecule has 0 radical (unpaired) electrons. The van der Waals surface area contributed by atoms with Gasteiger partial charge in [0.25, 0.3) is 5.91 Å². The molecule has 2 N–H and O–H groups in total. The highest BCUT2D eigenvalue weighted by Gasteiger charge is 2.27. The summed E-state index contributed by atoms with van der Waals surface area (Å²) in [6.07, 6.45) is 7.28. The van der Waals surface area contributed by atoms with Gasteiger partial charge in [0.15, 0.2) is 0 Å².